The van der Waals surface area contributed by atoms with Gasteiger partial charge in [0.25, 0.3) is 0 Å². The van der Waals surface area contributed by atoms with E-state index in [4.69, 9.17) is 29.8 Å². The molecule has 2 aromatic heterocycles. The van der Waals surface area contributed by atoms with Gasteiger partial charge in [-0.05, 0) is 24.3 Å². The summed E-state index contributed by atoms with van der Waals surface area (Å²) in [6.07, 6.45) is 0. The highest BCUT2D eigenvalue weighted by atomic mass is 32.2. The molecule has 0 aliphatic carbocycles. The lowest BCUT2D eigenvalue weighted by Crippen LogP contribution is -2.15. The van der Waals surface area contributed by atoms with Crippen LogP contribution in [0.5, 0.6) is 23.0 Å². The summed E-state index contributed by atoms with van der Waals surface area (Å²) in [5.41, 5.74) is 1.79. The summed E-state index contributed by atoms with van der Waals surface area (Å²) in [6, 6.07) is 13.1. The van der Waals surface area contributed by atoms with Crippen molar-refractivity contribution in [2.45, 2.75) is 17.5 Å². The Morgan fingerprint density at radius 1 is 1.00 bits per heavy atom. The van der Waals surface area contributed by atoms with Gasteiger partial charge in [0.05, 0.1) is 32.6 Å². The third kappa shape index (κ3) is 5.15. The molecule has 172 valence electrons. The molecule has 4 aromatic rings. The molecule has 0 radical (unpaired) electrons. The third-order valence-corrected chi connectivity index (χ3v) is 6.58. The Bertz CT molecular complexity index is 1230. The summed E-state index contributed by atoms with van der Waals surface area (Å²) >= 11 is 2.99. The normalized spacial score (nSPS) is 10.8. The molecule has 9 nitrogen and oxygen atoms in total. The molecule has 11 heteroatoms. The standard InChI is InChI=1S/C22H23N5O4S2/c1-28-15-6-4-7-16(10-15)31-11-19-25-26-22(27(19)23)33-13-14-12-32-21(24-14)17-8-5-9-18(29-2)20(17)30-3/h4-10,12H,11,13,23H2,1-3H3. The molecule has 0 saturated carbocycles. The molecule has 0 aliphatic heterocycles. The van der Waals surface area contributed by atoms with Crippen LogP contribution in [0.25, 0.3) is 10.6 Å². The molecule has 0 spiro atoms. The molecule has 0 saturated heterocycles. The number of aromatic nitrogens is 4. The van der Waals surface area contributed by atoms with Gasteiger partial charge in [-0.2, -0.15) is 0 Å². The van der Waals surface area contributed by atoms with E-state index in [2.05, 4.69) is 10.2 Å². The van der Waals surface area contributed by atoms with Gasteiger partial charge in [-0.25, -0.2) is 9.66 Å². The Kier molecular flexibility index (Phi) is 7.20. The second-order valence-electron chi connectivity index (χ2n) is 6.71. The van der Waals surface area contributed by atoms with Gasteiger partial charge in [-0.15, -0.1) is 21.5 Å². The van der Waals surface area contributed by atoms with E-state index >= 15 is 0 Å². The van der Waals surface area contributed by atoms with Crippen LogP contribution in [0.15, 0.2) is 53.0 Å². The topological polar surface area (TPSA) is 107 Å². The van der Waals surface area contributed by atoms with E-state index in [1.54, 1.807) is 38.7 Å². The van der Waals surface area contributed by atoms with E-state index in [9.17, 15) is 0 Å². The predicted octanol–water partition coefficient (Wildman–Crippen LogP) is 4.01. The van der Waals surface area contributed by atoms with E-state index < -0.39 is 0 Å². The maximum absolute atomic E-state index is 6.17. The van der Waals surface area contributed by atoms with Crippen molar-refractivity contribution in [2.24, 2.45) is 0 Å². The maximum atomic E-state index is 6.17. The monoisotopic (exact) mass is 485 g/mol. The Labute approximate surface area is 199 Å². The van der Waals surface area contributed by atoms with Crippen molar-refractivity contribution in [3.63, 3.8) is 0 Å². The number of hydrogen-bond donors (Lipinski definition) is 1. The largest absolute Gasteiger partial charge is 0.497 e. The number of para-hydroxylation sites is 1. The summed E-state index contributed by atoms with van der Waals surface area (Å²) in [4.78, 5) is 4.74. The molecular formula is C22H23N5O4S2. The Morgan fingerprint density at radius 3 is 2.61 bits per heavy atom. The van der Waals surface area contributed by atoms with E-state index in [1.165, 1.54) is 16.4 Å². The Hall–Kier alpha value is -3.44. The van der Waals surface area contributed by atoms with Crippen LogP contribution in [-0.2, 0) is 12.4 Å². The fraction of sp³-hybridized carbons (Fsp3) is 0.227. The number of thiazole rings is 1. The van der Waals surface area contributed by atoms with E-state index in [0.29, 0.717) is 39.7 Å². The van der Waals surface area contributed by atoms with Crippen LogP contribution in [0.2, 0.25) is 0 Å². The number of nitrogen functional groups attached to an aromatic ring is 1. The van der Waals surface area contributed by atoms with Gasteiger partial charge < -0.3 is 24.8 Å². The molecule has 0 fully saturated rings. The predicted molar refractivity (Wildman–Crippen MR) is 128 cm³/mol. The summed E-state index contributed by atoms with van der Waals surface area (Å²) in [5, 5.41) is 11.8. The van der Waals surface area contributed by atoms with Gasteiger partial charge >= 0.3 is 0 Å². The van der Waals surface area contributed by atoms with Crippen molar-refractivity contribution in [2.75, 3.05) is 27.2 Å². The number of nitrogens with two attached hydrogens (primary N) is 1. The molecule has 0 unspecified atom stereocenters. The van der Waals surface area contributed by atoms with Crippen LogP contribution in [0.4, 0.5) is 0 Å². The van der Waals surface area contributed by atoms with Crippen molar-refractivity contribution in [3.05, 3.63) is 59.4 Å². The highest BCUT2D eigenvalue weighted by Gasteiger charge is 2.16. The lowest BCUT2D eigenvalue weighted by molar-refractivity contribution is 0.289. The van der Waals surface area contributed by atoms with Gasteiger partial charge in [0.2, 0.25) is 5.16 Å². The first kappa shape index (κ1) is 22.7. The van der Waals surface area contributed by atoms with Crippen LogP contribution in [-0.4, -0.2) is 41.2 Å². The zero-order chi connectivity index (χ0) is 23.2. The number of benzene rings is 2. The molecular weight excluding hydrogens is 462 g/mol. The van der Waals surface area contributed by atoms with Crippen molar-refractivity contribution in [1.82, 2.24) is 19.9 Å². The molecule has 0 bridgehead atoms. The van der Waals surface area contributed by atoms with Gasteiger partial charge in [0.15, 0.2) is 17.3 Å². The highest BCUT2D eigenvalue weighted by Crippen LogP contribution is 2.39. The number of methoxy groups -OCH3 is 3. The van der Waals surface area contributed by atoms with Gasteiger partial charge in [0, 0.05) is 17.2 Å². The van der Waals surface area contributed by atoms with Crippen LogP contribution >= 0.6 is 23.1 Å². The summed E-state index contributed by atoms with van der Waals surface area (Å²) in [6.45, 7) is 0.188. The Morgan fingerprint density at radius 2 is 1.82 bits per heavy atom. The Balaban J connectivity index is 1.40. The smallest absolute Gasteiger partial charge is 0.210 e. The van der Waals surface area contributed by atoms with Crippen LogP contribution in [0.1, 0.15) is 11.5 Å². The molecule has 0 amide bonds. The molecule has 33 heavy (non-hydrogen) atoms. The number of ether oxygens (including phenoxy) is 4. The molecule has 2 heterocycles. The van der Waals surface area contributed by atoms with Gasteiger partial charge in [-0.1, -0.05) is 23.9 Å². The fourth-order valence-corrected chi connectivity index (χ4v) is 4.75. The van der Waals surface area contributed by atoms with Crippen LogP contribution < -0.4 is 24.8 Å². The zero-order valence-corrected chi connectivity index (χ0v) is 20.0. The average Bonchev–Trinajstić information content (AvgIpc) is 3.47. The zero-order valence-electron chi connectivity index (χ0n) is 18.3. The fourth-order valence-electron chi connectivity index (χ4n) is 3.03. The molecule has 4 rings (SSSR count). The quantitative estimate of drug-likeness (QED) is 0.263. The first-order chi connectivity index (χ1) is 16.1. The number of rotatable bonds is 10. The molecule has 2 aromatic carbocycles. The van der Waals surface area contributed by atoms with Crippen LogP contribution in [0, 0.1) is 0 Å². The van der Waals surface area contributed by atoms with Crippen LogP contribution in [0.3, 0.4) is 0 Å². The molecule has 0 aliphatic rings. The minimum atomic E-state index is 0.188. The summed E-state index contributed by atoms with van der Waals surface area (Å²) < 4.78 is 23.3. The number of thioether (sulfide) groups is 1. The van der Waals surface area contributed by atoms with Gasteiger partial charge in [0.1, 0.15) is 23.1 Å². The van der Waals surface area contributed by atoms with E-state index in [-0.39, 0.29) is 6.61 Å². The second kappa shape index (κ2) is 10.5. The van der Waals surface area contributed by atoms with Gasteiger partial charge in [-0.3, -0.25) is 0 Å². The first-order valence-corrected chi connectivity index (χ1v) is 11.7. The van der Waals surface area contributed by atoms with Crippen molar-refractivity contribution in [3.8, 4) is 33.6 Å². The first-order valence-electron chi connectivity index (χ1n) is 9.87. The van der Waals surface area contributed by atoms with Crippen molar-refractivity contribution in [1.29, 1.82) is 0 Å². The second-order valence-corrected chi connectivity index (χ2v) is 8.51. The van der Waals surface area contributed by atoms with E-state index in [1.807, 2.05) is 41.8 Å². The third-order valence-electron chi connectivity index (χ3n) is 4.68. The SMILES string of the molecule is COc1cccc(OCc2nnc(SCc3csc(-c4cccc(OC)c4OC)n3)n2N)c1. The van der Waals surface area contributed by atoms with Crippen molar-refractivity contribution >= 4 is 23.1 Å². The molecule has 2 N–H and O–H groups in total. The minimum absolute atomic E-state index is 0.188. The maximum Gasteiger partial charge on any atom is 0.210 e. The van der Waals surface area contributed by atoms with E-state index in [0.717, 1.165) is 16.3 Å². The lowest BCUT2D eigenvalue weighted by Gasteiger charge is -2.10. The number of nitrogens with zero attached hydrogens (tertiary/aromatic N) is 4. The number of hydrogen-bond acceptors (Lipinski definition) is 10. The van der Waals surface area contributed by atoms with Crippen molar-refractivity contribution < 1.29 is 18.9 Å². The summed E-state index contributed by atoms with van der Waals surface area (Å²) in [7, 11) is 4.84. The average molecular weight is 486 g/mol. The highest BCUT2D eigenvalue weighted by molar-refractivity contribution is 7.98. The lowest BCUT2D eigenvalue weighted by atomic mass is 10.2. The molecule has 0 atom stereocenters. The minimum Gasteiger partial charge on any atom is -0.497 e. The summed E-state index contributed by atoms with van der Waals surface area (Å²) in [5.74, 6) is 9.99.